The first kappa shape index (κ1) is 26.6. The van der Waals surface area contributed by atoms with E-state index in [1.807, 2.05) is 19.9 Å². The Kier molecular flexibility index (Phi) is 5.97. The number of hydrogen-bond donors (Lipinski definition) is 3. The Hall–Kier alpha value is -2.97. The number of allylic oxidation sites excluding steroid dienone is 1. The van der Waals surface area contributed by atoms with Crippen molar-refractivity contribution in [2.24, 2.45) is 35.0 Å². The minimum atomic E-state index is -1.55. The summed E-state index contributed by atoms with van der Waals surface area (Å²) in [6.07, 6.45) is 1.55. The standard InChI is InChI=1S/C30H37NO7/c1-14-12-19-22(23(14)33)24(34)15(2)13-20-25-28(5,6)30(25,38-17(4)32)26(16(3)29(19,20)36)37-27(35)18-10-8-9-11-21(18)31-7/h8-13,16,19-20,22,24-26,31,34,36H,1-7H3/t16-,19-,20+,22+,24-,25-,26-,29+,30-/m1/s1. The molecule has 1 aromatic carbocycles. The second-order valence-electron chi connectivity index (χ2n) is 12.0. The van der Waals surface area contributed by atoms with E-state index in [9.17, 15) is 24.6 Å². The molecule has 8 heteroatoms. The van der Waals surface area contributed by atoms with Crippen LogP contribution in [0.3, 0.4) is 0 Å². The summed E-state index contributed by atoms with van der Waals surface area (Å²) in [7, 11) is 1.71. The number of rotatable bonds is 4. The number of ether oxygens (including phenoxy) is 2. The smallest absolute Gasteiger partial charge is 0.340 e. The first-order valence-corrected chi connectivity index (χ1v) is 13.2. The summed E-state index contributed by atoms with van der Waals surface area (Å²) < 4.78 is 12.3. The number of carbonyl (C=O) groups excluding carboxylic acids is 3. The van der Waals surface area contributed by atoms with Crippen LogP contribution in [0.1, 0.15) is 51.9 Å². The molecule has 0 radical (unpaired) electrons. The van der Waals surface area contributed by atoms with Gasteiger partial charge in [0.15, 0.2) is 11.4 Å². The second-order valence-corrected chi connectivity index (χ2v) is 12.0. The monoisotopic (exact) mass is 523 g/mol. The lowest BCUT2D eigenvalue weighted by molar-refractivity contribution is -0.208. The predicted molar refractivity (Wildman–Crippen MR) is 140 cm³/mol. The molecule has 4 aliphatic carbocycles. The van der Waals surface area contributed by atoms with Gasteiger partial charge in [-0.15, -0.1) is 0 Å². The van der Waals surface area contributed by atoms with Gasteiger partial charge in [-0.2, -0.15) is 0 Å². The summed E-state index contributed by atoms with van der Waals surface area (Å²) in [4.78, 5) is 39.3. The average Bonchev–Trinajstić information content (AvgIpc) is 3.20. The van der Waals surface area contributed by atoms with E-state index in [-0.39, 0.29) is 5.78 Å². The maximum atomic E-state index is 13.6. The zero-order valence-electron chi connectivity index (χ0n) is 22.9. The van der Waals surface area contributed by atoms with Crippen molar-refractivity contribution in [3.63, 3.8) is 0 Å². The Balaban J connectivity index is 1.68. The zero-order chi connectivity index (χ0) is 27.9. The van der Waals surface area contributed by atoms with Crippen LogP contribution in [0, 0.1) is 35.0 Å². The molecule has 0 saturated heterocycles. The summed E-state index contributed by atoms with van der Waals surface area (Å²) in [6, 6.07) is 6.95. The SMILES string of the molecule is CNc1ccccc1C(=O)O[C@@H]1[C@@H](C)[C@]2(O)[C@@H]3C=C(C)C(=O)[C@H]3[C@H](O)C(C)=C[C@H]2[C@@H]2C(C)(C)[C@]12OC(C)=O. The Morgan fingerprint density at radius 2 is 1.74 bits per heavy atom. The lowest BCUT2D eigenvalue weighted by atomic mass is 9.59. The van der Waals surface area contributed by atoms with Gasteiger partial charge < -0.3 is 25.0 Å². The Morgan fingerprint density at radius 3 is 2.37 bits per heavy atom. The Labute approximate surface area is 223 Å². The molecule has 5 rings (SSSR count). The molecule has 2 saturated carbocycles. The van der Waals surface area contributed by atoms with Gasteiger partial charge >= 0.3 is 11.9 Å². The molecule has 204 valence electrons. The summed E-state index contributed by atoms with van der Waals surface area (Å²) in [5, 5.41) is 26.9. The lowest BCUT2D eigenvalue weighted by Crippen LogP contribution is -2.64. The van der Waals surface area contributed by atoms with Crippen LogP contribution < -0.4 is 5.32 Å². The summed E-state index contributed by atoms with van der Waals surface area (Å²) in [6.45, 7) is 10.5. The molecule has 9 atom stereocenters. The third-order valence-electron chi connectivity index (χ3n) is 9.92. The fourth-order valence-corrected chi connectivity index (χ4v) is 8.04. The minimum absolute atomic E-state index is 0.195. The number of esters is 2. The average molecular weight is 524 g/mol. The molecule has 3 N–H and O–H groups in total. The van der Waals surface area contributed by atoms with Crippen LogP contribution in [0.5, 0.6) is 0 Å². The molecule has 4 aliphatic rings. The molecule has 38 heavy (non-hydrogen) atoms. The number of ketones is 1. The van der Waals surface area contributed by atoms with Gasteiger partial charge in [0.1, 0.15) is 6.10 Å². The molecule has 0 amide bonds. The highest BCUT2D eigenvalue weighted by molar-refractivity contribution is 6.00. The number of aliphatic hydroxyl groups is 2. The fraction of sp³-hybridized carbons (Fsp3) is 0.567. The number of aliphatic hydroxyl groups excluding tert-OH is 1. The van der Waals surface area contributed by atoms with Crippen molar-refractivity contribution in [1.29, 1.82) is 0 Å². The number of anilines is 1. The van der Waals surface area contributed by atoms with Crippen LogP contribution in [0.15, 0.2) is 47.6 Å². The number of fused-ring (bicyclic) bond motifs is 5. The number of nitrogens with one attached hydrogen (secondary N) is 1. The Morgan fingerprint density at radius 1 is 1.08 bits per heavy atom. The zero-order valence-corrected chi connectivity index (χ0v) is 22.9. The Bertz CT molecular complexity index is 1280. The summed E-state index contributed by atoms with van der Waals surface area (Å²) in [5.74, 6) is -4.55. The van der Waals surface area contributed by atoms with Gasteiger partial charge in [-0.25, -0.2) is 4.79 Å². The van der Waals surface area contributed by atoms with Crippen molar-refractivity contribution in [2.75, 3.05) is 12.4 Å². The van der Waals surface area contributed by atoms with E-state index in [4.69, 9.17) is 9.47 Å². The van der Waals surface area contributed by atoms with Crippen LogP contribution in [-0.4, -0.2) is 58.4 Å². The lowest BCUT2D eigenvalue weighted by Gasteiger charge is -2.52. The largest absolute Gasteiger partial charge is 0.454 e. The molecule has 0 unspecified atom stereocenters. The van der Waals surface area contributed by atoms with Crippen molar-refractivity contribution in [2.45, 2.75) is 65.0 Å². The van der Waals surface area contributed by atoms with Crippen molar-refractivity contribution in [1.82, 2.24) is 0 Å². The molecule has 0 aromatic heterocycles. The highest BCUT2D eigenvalue weighted by atomic mass is 16.6. The van der Waals surface area contributed by atoms with Crippen LogP contribution >= 0.6 is 0 Å². The minimum Gasteiger partial charge on any atom is -0.454 e. The van der Waals surface area contributed by atoms with E-state index in [1.54, 1.807) is 58.2 Å². The van der Waals surface area contributed by atoms with E-state index in [0.717, 1.165) is 0 Å². The van der Waals surface area contributed by atoms with E-state index < -0.39 is 70.4 Å². The predicted octanol–water partition coefficient (Wildman–Crippen LogP) is 3.29. The van der Waals surface area contributed by atoms with Gasteiger partial charge in [0, 0.05) is 48.7 Å². The van der Waals surface area contributed by atoms with Gasteiger partial charge in [-0.3, -0.25) is 9.59 Å². The summed E-state index contributed by atoms with van der Waals surface area (Å²) >= 11 is 0. The third-order valence-corrected chi connectivity index (χ3v) is 9.92. The highest BCUT2D eigenvalue weighted by Gasteiger charge is 2.87. The molecule has 1 aromatic rings. The molecule has 2 fully saturated rings. The van der Waals surface area contributed by atoms with Crippen LogP contribution in [0.4, 0.5) is 5.69 Å². The van der Waals surface area contributed by atoms with E-state index >= 15 is 0 Å². The van der Waals surface area contributed by atoms with Crippen molar-refractivity contribution >= 4 is 23.4 Å². The van der Waals surface area contributed by atoms with Gasteiger partial charge in [0.05, 0.1) is 23.2 Å². The first-order valence-electron chi connectivity index (χ1n) is 13.2. The molecule has 0 spiro atoms. The van der Waals surface area contributed by atoms with Gasteiger partial charge in [-0.05, 0) is 37.1 Å². The number of benzene rings is 1. The van der Waals surface area contributed by atoms with E-state index in [2.05, 4.69) is 5.32 Å². The van der Waals surface area contributed by atoms with Crippen LogP contribution in [0.25, 0.3) is 0 Å². The molecule has 0 heterocycles. The van der Waals surface area contributed by atoms with Gasteiger partial charge in [-0.1, -0.05) is 45.1 Å². The third kappa shape index (κ3) is 3.26. The van der Waals surface area contributed by atoms with Crippen molar-refractivity contribution < 1.29 is 34.1 Å². The maximum Gasteiger partial charge on any atom is 0.340 e. The van der Waals surface area contributed by atoms with Crippen LogP contribution in [-0.2, 0) is 19.1 Å². The molecular weight excluding hydrogens is 486 g/mol. The normalized spacial score (nSPS) is 40.4. The molecule has 8 nitrogen and oxygen atoms in total. The fourth-order valence-electron chi connectivity index (χ4n) is 8.04. The quantitative estimate of drug-likeness (QED) is 0.406. The number of para-hydroxylation sites is 1. The number of Topliss-reactive ketones (excluding diaryl/α,β-unsaturated/α-hetero) is 1. The van der Waals surface area contributed by atoms with Gasteiger partial charge in [0.25, 0.3) is 0 Å². The topological polar surface area (TPSA) is 122 Å². The molecule has 0 bridgehead atoms. The second kappa shape index (κ2) is 8.52. The molecular formula is C30H37NO7. The highest BCUT2D eigenvalue weighted by Crippen LogP contribution is 2.77. The number of hydrogen-bond acceptors (Lipinski definition) is 8. The maximum absolute atomic E-state index is 13.6. The summed E-state index contributed by atoms with van der Waals surface area (Å²) in [5.41, 5.74) is -1.41. The van der Waals surface area contributed by atoms with Gasteiger partial charge in [0.2, 0.25) is 0 Å². The van der Waals surface area contributed by atoms with E-state index in [0.29, 0.717) is 22.4 Å². The van der Waals surface area contributed by atoms with Crippen molar-refractivity contribution in [3.8, 4) is 0 Å². The van der Waals surface area contributed by atoms with Crippen molar-refractivity contribution in [3.05, 3.63) is 53.1 Å². The van der Waals surface area contributed by atoms with E-state index in [1.165, 1.54) is 6.92 Å². The molecule has 0 aliphatic heterocycles. The first-order chi connectivity index (χ1) is 17.7. The van der Waals surface area contributed by atoms with Crippen LogP contribution in [0.2, 0.25) is 0 Å². The number of carbonyl (C=O) groups is 3.